The number of hydrogen-bond donors (Lipinski definition) is 2. The molecule has 0 saturated carbocycles. The Morgan fingerprint density at radius 1 is 1.09 bits per heavy atom. The van der Waals surface area contributed by atoms with Crippen molar-refractivity contribution < 1.29 is 9.90 Å². The summed E-state index contributed by atoms with van der Waals surface area (Å²) in [6.45, 7) is 0. The number of carboxylic acid groups (broad SMARTS) is 1. The lowest BCUT2D eigenvalue weighted by Gasteiger charge is -2.12. The summed E-state index contributed by atoms with van der Waals surface area (Å²) in [5.74, 6) is -1.05. The van der Waals surface area contributed by atoms with Crippen LogP contribution in [0.25, 0.3) is 22.0 Å². The predicted molar refractivity (Wildman–Crippen MR) is 86.4 cm³/mol. The molecule has 1 aromatic heterocycles. The van der Waals surface area contributed by atoms with Crippen LogP contribution in [0.5, 0.6) is 0 Å². The topological polar surface area (TPSA) is 70.2 Å². The number of para-hydroxylation sites is 1. The number of pyridine rings is 1. The first kappa shape index (κ1) is 14.4. The fourth-order valence-electron chi connectivity index (χ4n) is 2.55. The van der Waals surface area contributed by atoms with E-state index in [0.717, 1.165) is 10.9 Å². The SMILES string of the molecule is O=C(O)Cc1c(-c2ccc(Cl)cc2)c2ccccc2[nH]c1=O. The molecule has 3 aromatic rings. The van der Waals surface area contributed by atoms with Gasteiger partial charge in [-0.05, 0) is 23.8 Å². The second kappa shape index (κ2) is 5.66. The normalized spacial score (nSPS) is 10.8. The van der Waals surface area contributed by atoms with Crippen LogP contribution in [0.2, 0.25) is 5.02 Å². The molecule has 4 nitrogen and oxygen atoms in total. The number of carboxylic acids is 1. The van der Waals surface area contributed by atoms with Crippen LogP contribution >= 0.6 is 11.6 Å². The lowest BCUT2D eigenvalue weighted by molar-refractivity contribution is -0.136. The molecule has 0 unspecified atom stereocenters. The molecule has 0 atom stereocenters. The van der Waals surface area contributed by atoms with Crippen molar-refractivity contribution in [1.29, 1.82) is 0 Å². The highest BCUT2D eigenvalue weighted by atomic mass is 35.5. The Labute approximate surface area is 131 Å². The summed E-state index contributed by atoms with van der Waals surface area (Å²) in [6.07, 6.45) is -0.335. The van der Waals surface area contributed by atoms with Gasteiger partial charge in [-0.25, -0.2) is 0 Å². The minimum absolute atomic E-state index is 0.244. The van der Waals surface area contributed by atoms with Crippen molar-refractivity contribution in [2.75, 3.05) is 0 Å². The third kappa shape index (κ3) is 2.61. The van der Waals surface area contributed by atoms with Gasteiger partial charge in [-0.1, -0.05) is 41.9 Å². The van der Waals surface area contributed by atoms with E-state index in [1.807, 2.05) is 18.2 Å². The van der Waals surface area contributed by atoms with Gasteiger partial charge in [0, 0.05) is 27.1 Å². The number of aliphatic carboxylic acids is 1. The highest BCUT2D eigenvalue weighted by Gasteiger charge is 2.16. The Hall–Kier alpha value is -2.59. The maximum atomic E-state index is 12.3. The van der Waals surface area contributed by atoms with Crippen molar-refractivity contribution in [2.45, 2.75) is 6.42 Å². The number of H-pyrrole nitrogens is 1. The van der Waals surface area contributed by atoms with E-state index < -0.39 is 5.97 Å². The fraction of sp³-hybridized carbons (Fsp3) is 0.0588. The van der Waals surface area contributed by atoms with Gasteiger partial charge in [-0.3, -0.25) is 9.59 Å². The molecule has 0 fully saturated rings. The maximum absolute atomic E-state index is 12.3. The first-order chi connectivity index (χ1) is 10.6. The Morgan fingerprint density at radius 3 is 2.45 bits per heavy atom. The number of fused-ring (bicyclic) bond motifs is 1. The summed E-state index contributed by atoms with van der Waals surface area (Å²) >= 11 is 5.91. The number of halogens is 1. The molecular formula is C17H12ClNO3. The van der Waals surface area contributed by atoms with Gasteiger partial charge in [-0.2, -0.15) is 0 Å². The van der Waals surface area contributed by atoms with Gasteiger partial charge in [0.2, 0.25) is 0 Å². The molecule has 2 N–H and O–H groups in total. The van der Waals surface area contributed by atoms with E-state index in [4.69, 9.17) is 16.7 Å². The van der Waals surface area contributed by atoms with Gasteiger partial charge in [0.15, 0.2) is 0 Å². The van der Waals surface area contributed by atoms with E-state index in [9.17, 15) is 9.59 Å². The summed E-state index contributed by atoms with van der Waals surface area (Å²) in [5.41, 5.74) is 1.94. The average molecular weight is 314 g/mol. The number of carbonyl (C=O) groups is 1. The minimum Gasteiger partial charge on any atom is -0.481 e. The van der Waals surface area contributed by atoms with Crippen molar-refractivity contribution in [2.24, 2.45) is 0 Å². The quantitative estimate of drug-likeness (QED) is 0.777. The Bertz CT molecular complexity index is 913. The zero-order chi connectivity index (χ0) is 15.7. The molecule has 1 heterocycles. The minimum atomic E-state index is -1.05. The maximum Gasteiger partial charge on any atom is 0.308 e. The zero-order valence-corrected chi connectivity index (χ0v) is 12.2. The van der Waals surface area contributed by atoms with E-state index in [2.05, 4.69) is 4.98 Å². The number of rotatable bonds is 3. The number of hydrogen-bond acceptors (Lipinski definition) is 2. The monoisotopic (exact) mass is 313 g/mol. The Balaban J connectivity index is 2.39. The number of aromatic nitrogens is 1. The van der Waals surface area contributed by atoms with Gasteiger partial charge in [0.25, 0.3) is 5.56 Å². The third-order valence-corrected chi connectivity index (χ3v) is 3.73. The third-order valence-electron chi connectivity index (χ3n) is 3.48. The smallest absolute Gasteiger partial charge is 0.308 e. The second-order valence-electron chi connectivity index (χ2n) is 4.93. The van der Waals surface area contributed by atoms with Crippen molar-refractivity contribution in [3.63, 3.8) is 0 Å². The van der Waals surface area contributed by atoms with Crippen LogP contribution in [-0.2, 0) is 11.2 Å². The summed E-state index contributed by atoms with van der Waals surface area (Å²) < 4.78 is 0. The summed E-state index contributed by atoms with van der Waals surface area (Å²) in [6, 6.07) is 14.3. The van der Waals surface area contributed by atoms with Gasteiger partial charge in [0.1, 0.15) is 0 Å². The lowest BCUT2D eigenvalue weighted by atomic mass is 9.95. The molecule has 0 amide bonds. The standard InChI is InChI=1S/C17H12ClNO3/c18-11-7-5-10(6-8-11)16-12-3-1-2-4-14(12)19-17(22)13(16)9-15(20)21/h1-8H,9H2,(H,19,22)(H,20,21). The summed E-state index contributed by atoms with van der Waals surface area (Å²) in [4.78, 5) is 26.1. The van der Waals surface area contributed by atoms with Gasteiger partial charge in [-0.15, -0.1) is 0 Å². The van der Waals surface area contributed by atoms with E-state index in [1.165, 1.54) is 0 Å². The zero-order valence-electron chi connectivity index (χ0n) is 11.5. The molecule has 0 aliphatic heterocycles. The average Bonchev–Trinajstić information content (AvgIpc) is 2.49. The van der Waals surface area contributed by atoms with E-state index in [0.29, 0.717) is 16.1 Å². The van der Waals surface area contributed by atoms with Crippen LogP contribution in [0.3, 0.4) is 0 Å². The molecule has 0 bridgehead atoms. The molecule has 0 aliphatic rings. The number of nitrogens with one attached hydrogen (secondary N) is 1. The molecule has 2 aromatic carbocycles. The van der Waals surface area contributed by atoms with Gasteiger partial charge in [0.05, 0.1) is 6.42 Å². The van der Waals surface area contributed by atoms with E-state index in [1.54, 1.807) is 30.3 Å². The molecule has 5 heteroatoms. The van der Waals surface area contributed by atoms with E-state index >= 15 is 0 Å². The molecule has 110 valence electrons. The largest absolute Gasteiger partial charge is 0.481 e. The Morgan fingerprint density at radius 2 is 1.77 bits per heavy atom. The van der Waals surface area contributed by atoms with Crippen molar-refractivity contribution in [3.05, 3.63) is 69.5 Å². The van der Waals surface area contributed by atoms with Crippen LogP contribution < -0.4 is 5.56 Å². The van der Waals surface area contributed by atoms with Crippen molar-refractivity contribution >= 4 is 28.5 Å². The number of benzene rings is 2. The van der Waals surface area contributed by atoms with E-state index in [-0.39, 0.29) is 17.5 Å². The van der Waals surface area contributed by atoms with Crippen LogP contribution in [0, 0.1) is 0 Å². The predicted octanol–water partition coefficient (Wildman–Crippen LogP) is 3.48. The molecule has 3 rings (SSSR count). The van der Waals surface area contributed by atoms with Crippen LogP contribution in [0.1, 0.15) is 5.56 Å². The van der Waals surface area contributed by atoms with Crippen molar-refractivity contribution in [3.8, 4) is 11.1 Å². The first-order valence-electron chi connectivity index (χ1n) is 6.68. The highest BCUT2D eigenvalue weighted by molar-refractivity contribution is 6.30. The molecular weight excluding hydrogens is 302 g/mol. The van der Waals surface area contributed by atoms with Crippen LogP contribution in [0.15, 0.2) is 53.3 Å². The highest BCUT2D eigenvalue weighted by Crippen LogP contribution is 2.30. The number of aromatic amines is 1. The van der Waals surface area contributed by atoms with Crippen molar-refractivity contribution in [1.82, 2.24) is 4.98 Å². The van der Waals surface area contributed by atoms with Gasteiger partial charge >= 0.3 is 5.97 Å². The molecule has 22 heavy (non-hydrogen) atoms. The first-order valence-corrected chi connectivity index (χ1v) is 7.05. The fourth-order valence-corrected chi connectivity index (χ4v) is 2.68. The molecule has 0 radical (unpaired) electrons. The molecule has 0 aliphatic carbocycles. The van der Waals surface area contributed by atoms with Crippen LogP contribution in [0.4, 0.5) is 0 Å². The van der Waals surface area contributed by atoms with Crippen LogP contribution in [-0.4, -0.2) is 16.1 Å². The molecule has 0 spiro atoms. The summed E-state index contributed by atoms with van der Waals surface area (Å²) in [7, 11) is 0. The Kier molecular flexibility index (Phi) is 3.69. The second-order valence-corrected chi connectivity index (χ2v) is 5.37. The lowest BCUT2D eigenvalue weighted by Crippen LogP contribution is -2.18. The summed E-state index contributed by atoms with van der Waals surface area (Å²) in [5, 5.41) is 10.5. The molecule has 0 saturated heterocycles. The van der Waals surface area contributed by atoms with Gasteiger partial charge < -0.3 is 10.1 Å².